The number of hydrogen-bond donors (Lipinski definition) is 2. The van der Waals surface area contributed by atoms with Crippen molar-refractivity contribution in [2.24, 2.45) is 0 Å². The molecule has 110 valence electrons. The zero-order valence-corrected chi connectivity index (χ0v) is 13.2. The molecule has 5 nitrogen and oxygen atoms in total. The molecule has 1 aromatic carbocycles. The van der Waals surface area contributed by atoms with Gasteiger partial charge in [-0.3, -0.25) is 9.59 Å². The molecule has 2 N–H and O–H groups in total. The van der Waals surface area contributed by atoms with Crippen LogP contribution in [0, 0.1) is 0 Å². The van der Waals surface area contributed by atoms with E-state index in [4.69, 9.17) is 4.42 Å². The highest BCUT2D eigenvalue weighted by molar-refractivity contribution is 9.10. The predicted molar refractivity (Wildman–Crippen MR) is 83.0 cm³/mol. The monoisotopic (exact) mass is 350 g/mol. The van der Waals surface area contributed by atoms with Crippen molar-refractivity contribution < 1.29 is 14.0 Å². The number of furan rings is 1. The van der Waals surface area contributed by atoms with Crippen LogP contribution in [-0.2, 0) is 4.79 Å². The average Bonchev–Trinajstić information content (AvgIpc) is 2.84. The van der Waals surface area contributed by atoms with E-state index >= 15 is 0 Å². The number of hydrogen-bond acceptors (Lipinski definition) is 3. The molecule has 0 aliphatic heterocycles. The van der Waals surface area contributed by atoms with E-state index in [0.29, 0.717) is 15.9 Å². The van der Waals surface area contributed by atoms with Gasteiger partial charge >= 0.3 is 0 Å². The third-order valence-electron chi connectivity index (χ3n) is 2.92. The first kappa shape index (κ1) is 15.3. The second-order valence-corrected chi connectivity index (χ2v) is 5.33. The highest BCUT2D eigenvalue weighted by Crippen LogP contribution is 2.21. The first-order valence-electron chi connectivity index (χ1n) is 6.39. The minimum atomic E-state index is -0.229. The second-order valence-electron chi connectivity index (χ2n) is 4.61. The fourth-order valence-corrected chi connectivity index (χ4v) is 2.32. The Hall–Kier alpha value is -2.08. The molecular weight excluding hydrogens is 336 g/mol. The van der Waals surface area contributed by atoms with Gasteiger partial charge in [0.25, 0.3) is 5.91 Å². The van der Waals surface area contributed by atoms with Crippen LogP contribution in [-0.4, -0.2) is 11.8 Å². The lowest BCUT2D eigenvalue weighted by atomic mass is 10.1. The molecule has 0 saturated heterocycles. The summed E-state index contributed by atoms with van der Waals surface area (Å²) in [5.41, 5.74) is 2.04. The van der Waals surface area contributed by atoms with Crippen LogP contribution in [0.25, 0.3) is 0 Å². The van der Waals surface area contributed by atoms with Crippen LogP contribution in [0.5, 0.6) is 0 Å². The number of benzene rings is 1. The number of carbonyl (C=O) groups is 2. The van der Waals surface area contributed by atoms with Gasteiger partial charge in [0, 0.05) is 12.6 Å². The van der Waals surface area contributed by atoms with Gasteiger partial charge in [-0.15, -0.1) is 0 Å². The van der Waals surface area contributed by atoms with Gasteiger partial charge in [0.15, 0.2) is 4.67 Å². The van der Waals surface area contributed by atoms with Gasteiger partial charge in [-0.05, 0) is 46.6 Å². The van der Waals surface area contributed by atoms with Gasteiger partial charge < -0.3 is 15.1 Å². The molecule has 0 radical (unpaired) electrons. The molecule has 6 heteroatoms. The van der Waals surface area contributed by atoms with Crippen LogP contribution < -0.4 is 10.6 Å². The molecular formula is C15H15BrN2O3. The Balaban J connectivity index is 2.10. The minimum absolute atomic E-state index is 0.133. The summed E-state index contributed by atoms with van der Waals surface area (Å²) in [5.74, 6) is -0.362. The van der Waals surface area contributed by atoms with Crippen molar-refractivity contribution >= 4 is 33.4 Å². The molecule has 1 heterocycles. The second kappa shape index (κ2) is 6.58. The summed E-state index contributed by atoms with van der Waals surface area (Å²) in [4.78, 5) is 23.2. The maximum Gasteiger partial charge on any atom is 0.256 e. The fourth-order valence-electron chi connectivity index (χ4n) is 1.90. The van der Waals surface area contributed by atoms with Crippen LogP contribution in [0.1, 0.15) is 35.8 Å². The molecule has 0 fully saturated rings. The van der Waals surface area contributed by atoms with E-state index in [2.05, 4.69) is 26.6 Å². The van der Waals surface area contributed by atoms with Gasteiger partial charge in [0.1, 0.15) is 0 Å². The van der Waals surface area contributed by atoms with E-state index in [0.717, 1.165) is 5.56 Å². The lowest BCUT2D eigenvalue weighted by molar-refractivity contribution is -0.114. The topological polar surface area (TPSA) is 71.3 Å². The van der Waals surface area contributed by atoms with E-state index in [1.807, 2.05) is 25.1 Å². The van der Waals surface area contributed by atoms with E-state index < -0.39 is 0 Å². The van der Waals surface area contributed by atoms with Crippen LogP contribution in [0.2, 0.25) is 0 Å². The van der Waals surface area contributed by atoms with Crippen LogP contribution in [0.4, 0.5) is 5.69 Å². The maximum atomic E-state index is 12.1. The van der Waals surface area contributed by atoms with Crippen LogP contribution >= 0.6 is 15.9 Å². The summed E-state index contributed by atoms with van der Waals surface area (Å²) < 4.78 is 5.45. The van der Waals surface area contributed by atoms with Gasteiger partial charge in [0.2, 0.25) is 5.91 Å². The Bertz CT molecular complexity index is 666. The van der Waals surface area contributed by atoms with Crippen LogP contribution in [0.3, 0.4) is 0 Å². The SMILES string of the molecule is CC(=O)Nc1cccc(C(C)NC(=O)c2ccoc2Br)c1. The van der Waals surface area contributed by atoms with Crippen molar-refractivity contribution in [3.8, 4) is 0 Å². The highest BCUT2D eigenvalue weighted by Gasteiger charge is 2.16. The van der Waals surface area contributed by atoms with Gasteiger partial charge in [0.05, 0.1) is 17.9 Å². The number of carbonyl (C=O) groups excluding carboxylic acids is 2. The molecule has 0 saturated carbocycles. The number of anilines is 1. The molecule has 21 heavy (non-hydrogen) atoms. The number of halogens is 1. The molecule has 1 aromatic heterocycles. The largest absolute Gasteiger partial charge is 0.457 e. The molecule has 2 aromatic rings. The van der Waals surface area contributed by atoms with Crippen LogP contribution in [0.15, 0.2) is 45.7 Å². The van der Waals surface area contributed by atoms with E-state index in [1.165, 1.54) is 13.2 Å². The van der Waals surface area contributed by atoms with Crippen molar-refractivity contribution in [3.63, 3.8) is 0 Å². The summed E-state index contributed by atoms with van der Waals surface area (Å²) in [6.07, 6.45) is 1.45. The Morgan fingerprint density at radius 3 is 2.67 bits per heavy atom. The van der Waals surface area contributed by atoms with E-state index in [1.54, 1.807) is 12.1 Å². The van der Waals surface area contributed by atoms with E-state index in [-0.39, 0.29) is 17.9 Å². The van der Waals surface area contributed by atoms with Gasteiger partial charge in [-0.1, -0.05) is 12.1 Å². The Morgan fingerprint density at radius 2 is 2.05 bits per heavy atom. The van der Waals surface area contributed by atoms with Crippen molar-refractivity contribution in [1.29, 1.82) is 0 Å². The molecule has 2 amide bonds. The lowest BCUT2D eigenvalue weighted by Crippen LogP contribution is -2.26. The van der Waals surface area contributed by atoms with E-state index in [9.17, 15) is 9.59 Å². The summed E-state index contributed by atoms with van der Waals surface area (Å²) in [5, 5.41) is 5.59. The molecule has 2 rings (SSSR count). The molecule has 1 atom stereocenters. The highest BCUT2D eigenvalue weighted by atomic mass is 79.9. The van der Waals surface area contributed by atoms with Crippen molar-refractivity contribution in [1.82, 2.24) is 5.32 Å². The van der Waals surface area contributed by atoms with Crippen molar-refractivity contribution in [3.05, 3.63) is 52.4 Å². The lowest BCUT2D eigenvalue weighted by Gasteiger charge is -2.15. The zero-order valence-electron chi connectivity index (χ0n) is 11.6. The van der Waals surface area contributed by atoms with Crippen molar-refractivity contribution in [2.45, 2.75) is 19.9 Å². The predicted octanol–water partition coefficient (Wildman–Crippen LogP) is 3.49. The standard InChI is InChI=1S/C15H15BrN2O3/c1-9(17-15(20)13-6-7-21-14(13)16)11-4-3-5-12(8-11)18-10(2)19/h3-9H,1-2H3,(H,17,20)(H,18,19). The molecule has 0 aliphatic rings. The molecule has 0 spiro atoms. The summed E-state index contributed by atoms with van der Waals surface area (Å²) in [6.45, 7) is 3.33. The molecule has 0 aliphatic carbocycles. The van der Waals surface area contributed by atoms with Crippen molar-refractivity contribution in [2.75, 3.05) is 5.32 Å². The summed E-state index contributed by atoms with van der Waals surface area (Å²) in [6, 6.07) is 8.74. The maximum absolute atomic E-state index is 12.1. The first-order chi connectivity index (χ1) is 9.97. The first-order valence-corrected chi connectivity index (χ1v) is 7.18. The average molecular weight is 351 g/mol. The molecule has 1 unspecified atom stereocenters. The van der Waals surface area contributed by atoms with Gasteiger partial charge in [-0.2, -0.15) is 0 Å². The Morgan fingerprint density at radius 1 is 1.29 bits per heavy atom. The zero-order chi connectivity index (χ0) is 15.4. The molecule has 0 bridgehead atoms. The quantitative estimate of drug-likeness (QED) is 0.886. The Labute approximate surface area is 130 Å². The Kier molecular flexibility index (Phi) is 4.80. The normalized spacial score (nSPS) is 11.8. The minimum Gasteiger partial charge on any atom is -0.457 e. The number of rotatable bonds is 4. The number of amides is 2. The fraction of sp³-hybridized carbons (Fsp3) is 0.200. The smallest absolute Gasteiger partial charge is 0.256 e. The third-order valence-corrected chi connectivity index (χ3v) is 3.53. The number of nitrogens with one attached hydrogen (secondary N) is 2. The summed E-state index contributed by atoms with van der Waals surface area (Å²) >= 11 is 3.18. The summed E-state index contributed by atoms with van der Waals surface area (Å²) in [7, 11) is 0. The van der Waals surface area contributed by atoms with Gasteiger partial charge in [-0.25, -0.2) is 0 Å². The third kappa shape index (κ3) is 3.95.